The summed E-state index contributed by atoms with van der Waals surface area (Å²) in [6.07, 6.45) is -0.0423. The van der Waals surface area contributed by atoms with Crippen LogP contribution in [0.5, 0.6) is 0 Å². The molecule has 6 nitrogen and oxygen atoms in total. The van der Waals surface area contributed by atoms with E-state index in [1.807, 2.05) is 0 Å². The minimum Gasteiger partial charge on any atom is -0.481 e. The van der Waals surface area contributed by atoms with E-state index >= 15 is 0 Å². The van der Waals surface area contributed by atoms with Gasteiger partial charge in [0, 0.05) is 0 Å². The van der Waals surface area contributed by atoms with Crippen LogP contribution in [0.1, 0.15) is 13.3 Å². The predicted octanol–water partition coefficient (Wildman–Crippen LogP) is 0.901. The number of methoxy groups -OCH3 is 1. The van der Waals surface area contributed by atoms with Crippen LogP contribution in [-0.4, -0.2) is 50.8 Å². The zero-order chi connectivity index (χ0) is 13.5. The number of rotatable bonds is 8. The second kappa shape index (κ2) is 7.44. The average Bonchev–Trinajstić information content (AvgIpc) is 2.24. The third-order valence-corrected chi connectivity index (χ3v) is 4.69. The van der Waals surface area contributed by atoms with Crippen molar-refractivity contribution < 1.29 is 29.3 Å². The third kappa shape index (κ3) is 7.92. The number of carbonyl (C=O) groups excluding carboxylic acids is 1. The van der Waals surface area contributed by atoms with Gasteiger partial charge in [0.1, 0.15) is 0 Å². The number of aliphatic carboxylic acids is 2. The van der Waals surface area contributed by atoms with Gasteiger partial charge < -0.3 is 14.9 Å². The molecule has 0 aliphatic rings. The van der Waals surface area contributed by atoms with E-state index in [1.165, 1.54) is 7.11 Å². The van der Waals surface area contributed by atoms with E-state index in [0.29, 0.717) is 0 Å². The third-order valence-electron chi connectivity index (χ3n) is 1.70. The molecular formula is C9H14O6S2. The fraction of sp³-hybridized carbons (Fsp3) is 0.667. The minimum atomic E-state index is -1.01. The van der Waals surface area contributed by atoms with E-state index in [-0.39, 0.29) is 17.9 Å². The highest BCUT2D eigenvalue weighted by molar-refractivity contribution is 8.18. The fourth-order valence-electron chi connectivity index (χ4n) is 0.907. The topological polar surface area (TPSA) is 101 Å². The Morgan fingerprint density at radius 1 is 1.12 bits per heavy atom. The molecule has 0 aromatic heterocycles. The van der Waals surface area contributed by atoms with Gasteiger partial charge in [-0.2, -0.15) is 0 Å². The highest BCUT2D eigenvalue weighted by Crippen LogP contribution is 2.40. The highest BCUT2D eigenvalue weighted by Gasteiger charge is 2.31. The molecule has 0 amide bonds. The predicted molar refractivity (Wildman–Crippen MR) is 65.2 cm³/mol. The molecule has 0 radical (unpaired) electrons. The number of carboxylic acids is 2. The van der Waals surface area contributed by atoms with Crippen LogP contribution in [0, 0.1) is 0 Å². The summed E-state index contributed by atoms with van der Waals surface area (Å²) < 4.78 is 3.68. The molecule has 98 valence electrons. The van der Waals surface area contributed by atoms with Crippen LogP contribution in [-0.2, 0) is 19.1 Å². The molecule has 0 atom stereocenters. The molecule has 0 rings (SSSR count). The molecule has 0 aliphatic heterocycles. The zero-order valence-electron chi connectivity index (χ0n) is 9.47. The first-order valence-electron chi connectivity index (χ1n) is 4.57. The molecule has 17 heavy (non-hydrogen) atoms. The molecule has 0 heterocycles. The van der Waals surface area contributed by atoms with Gasteiger partial charge in [0.15, 0.2) is 0 Å². The van der Waals surface area contributed by atoms with Crippen molar-refractivity contribution in [2.45, 2.75) is 17.4 Å². The van der Waals surface area contributed by atoms with Crippen LogP contribution in [0.2, 0.25) is 0 Å². The van der Waals surface area contributed by atoms with Crippen molar-refractivity contribution >= 4 is 41.4 Å². The van der Waals surface area contributed by atoms with Crippen molar-refractivity contribution in [1.82, 2.24) is 0 Å². The van der Waals surface area contributed by atoms with Crippen LogP contribution in [0.4, 0.5) is 0 Å². The van der Waals surface area contributed by atoms with E-state index in [9.17, 15) is 14.4 Å². The van der Waals surface area contributed by atoms with Crippen molar-refractivity contribution in [2.24, 2.45) is 0 Å². The van der Waals surface area contributed by atoms with E-state index in [1.54, 1.807) is 6.92 Å². The van der Waals surface area contributed by atoms with Gasteiger partial charge >= 0.3 is 17.9 Å². The Balaban J connectivity index is 4.49. The summed E-state index contributed by atoms with van der Waals surface area (Å²) in [4.78, 5) is 32.1. The first-order valence-corrected chi connectivity index (χ1v) is 6.54. The summed E-state index contributed by atoms with van der Waals surface area (Å²) in [5, 5.41) is 17.2. The first kappa shape index (κ1) is 16.1. The van der Waals surface area contributed by atoms with Crippen molar-refractivity contribution in [3.8, 4) is 0 Å². The van der Waals surface area contributed by atoms with Crippen LogP contribution >= 0.6 is 23.5 Å². The Bertz CT molecular complexity index is 286. The summed E-state index contributed by atoms with van der Waals surface area (Å²) in [6.45, 7) is 1.63. The second-order valence-electron chi connectivity index (χ2n) is 3.25. The molecule has 0 bridgehead atoms. The molecule has 0 unspecified atom stereocenters. The maximum Gasteiger partial charge on any atom is 0.313 e. The number of hydrogen-bond donors (Lipinski definition) is 2. The number of ether oxygens (including phenoxy) is 1. The molecule has 0 fully saturated rings. The van der Waals surface area contributed by atoms with Gasteiger partial charge in [-0.1, -0.05) is 0 Å². The Hall–Kier alpha value is -0.890. The Morgan fingerprint density at radius 3 is 1.82 bits per heavy atom. The van der Waals surface area contributed by atoms with Gasteiger partial charge in [-0.3, -0.25) is 14.4 Å². The monoisotopic (exact) mass is 282 g/mol. The maximum atomic E-state index is 11.2. The fourth-order valence-corrected chi connectivity index (χ4v) is 2.89. The van der Waals surface area contributed by atoms with Gasteiger partial charge in [-0.25, -0.2) is 0 Å². The molecule has 8 heteroatoms. The molecule has 0 spiro atoms. The van der Waals surface area contributed by atoms with Crippen LogP contribution in [0.3, 0.4) is 0 Å². The first-order chi connectivity index (χ1) is 7.79. The standard InChI is InChI=1S/C9H14O6S2/c1-9(3-8(14)15-2,16-4-6(10)11)17-5-7(12)13/h3-5H2,1-2H3,(H,10,11)(H,12,13). The van der Waals surface area contributed by atoms with E-state index in [4.69, 9.17) is 10.2 Å². The number of esters is 1. The summed E-state index contributed by atoms with van der Waals surface area (Å²) in [5.41, 5.74) is 0. The van der Waals surface area contributed by atoms with E-state index in [0.717, 1.165) is 23.5 Å². The minimum absolute atomic E-state index is 0.0423. The van der Waals surface area contributed by atoms with Gasteiger partial charge in [-0.05, 0) is 6.92 Å². The number of thioether (sulfide) groups is 2. The number of hydrogen-bond acceptors (Lipinski definition) is 6. The van der Waals surface area contributed by atoms with Crippen molar-refractivity contribution in [1.29, 1.82) is 0 Å². The van der Waals surface area contributed by atoms with Gasteiger partial charge in [0.25, 0.3) is 0 Å². The molecule has 2 N–H and O–H groups in total. The largest absolute Gasteiger partial charge is 0.481 e. The van der Waals surface area contributed by atoms with Gasteiger partial charge in [-0.15, -0.1) is 23.5 Å². The molecule has 0 aromatic rings. The van der Waals surface area contributed by atoms with Gasteiger partial charge in [0.2, 0.25) is 0 Å². The molecule has 0 saturated heterocycles. The van der Waals surface area contributed by atoms with Gasteiger partial charge in [0.05, 0.1) is 29.1 Å². The molecular weight excluding hydrogens is 268 g/mol. The average molecular weight is 282 g/mol. The van der Waals surface area contributed by atoms with Crippen molar-refractivity contribution in [2.75, 3.05) is 18.6 Å². The maximum absolute atomic E-state index is 11.2. The summed E-state index contributed by atoms with van der Waals surface area (Å²) in [6, 6.07) is 0. The second-order valence-corrected chi connectivity index (χ2v) is 6.47. The zero-order valence-corrected chi connectivity index (χ0v) is 11.1. The Morgan fingerprint density at radius 2 is 1.53 bits per heavy atom. The lowest BCUT2D eigenvalue weighted by atomic mass is 10.3. The highest BCUT2D eigenvalue weighted by atomic mass is 32.2. The van der Waals surface area contributed by atoms with Crippen molar-refractivity contribution in [3.05, 3.63) is 0 Å². The smallest absolute Gasteiger partial charge is 0.313 e. The van der Waals surface area contributed by atoms with Crippen LogP contribution < -0.4 is 0 Å². The van der Waals surface area contributed by atoms with Crippen LogP contribution in [0.15, 0.2) is 0 Å². The summed E-state index contributed by atoms with van der Waals surface area (Å²) in [7, 11) is 1.23. The normalized spacial score (nSPS) is 10.9. The SMILES string of the molecule is COC(=O)CC(C)(SCC(=O)O)SCC(=O)O. The quantitative estimate of drug-likeness (QED) is 0.500. The summed E-state index contributed by atoms with van der Waals surface area (Å²) >= 11 is 2.03. The summed E-state index contributed by atoms with van der Waals surface area (Å²) in [5.74, 6) is -2.91. The van der Waals surface area contributed by atoms with E-state index in [2.05, 4.69) is 4.74 Å². The lowest BCUT2D eigenvalue weighted by Crippen LogP contribution is -2.25. The Labute approximate surface area is 107 Å². The molecule has 0 saturated carbocycles. The van der Waals surface area contributed by atoms with Crippen molar-refractivity contribution in [3.63, 3.8) is 0 Å². The number of carboxylic acid groups (broad SMARTS) is 2. The molecule has 0 aliphatic carbocycles. The van der Waals surface area contributed by atoms with Crippen LogP contribution in [0.25, 0.3) is 0 Å². The number of carbonyl (C=O) groups is 3. The lowest BCUT2D eigenvalue weighted by Gasteiger charge is -2.25. The van der Waals surface area contributed by atoms with E-state index < -0.39 is 22.0 Å². The lowest BCUT2D eigenvalue weighted by molar-refractivity contribution is -0.141. The Kier molecular flexibility index (Phi) is 7.05. The molecule has 0 aromatic carbocycles.